The van der Waals surface area contributed by atoms with Crippen LogP contribution in [0.3, 0.4) is 0 Å². The molecule has 0 unspecified atom stereocenters. The largest absolute Gasteiger partial charge is 0.424 e. The third-order valence-corrected chi connectivity index (χ3v) is 5.16. The molecule has 30 heavy (non-hydrogen) atoms. The normalized spacial score (nSPS) is 10.8. The van der Waals surface area contributed by atoms with Crippen molar-refractivity contribution < 1.29 is 4.74 Å². The van der Waals surface area contributed by atoms with Gasteiger partial charge in [0.1, 0.15) is 5.75 Å². The van der Waals surface area contributed by atoms with Crippen LogP contribution in [0, 0.1) is 0 Å². The zero-order valence-electron chi connectivity index (χ0n) is 16.3. The number of benzene rings is 2. The third-order valence-electron chi connectivity index (χ3n) is 4.15. The van der Waals surface area contributed by atoms with Crippen LogP contribution in [-0.2, 0) is 6.54 Å². The van der Waals surface area contributed by atoms with E-state index in [1.54, 1.807) is 34.9 Å². The lowest BCUT2D eigenvalue weighted by Gasteiger charge is -2.08. The molecule has 9 heteroatoms. The number of rotatable bonds is 10. The highest BCUT2D eigenvalue weighted by atomic mass is 32.2. The van der Waals surface area contributed by atoms with Crippen molar-refractivity contribution in [2.75, 3.05) is 12.3 Å². The number of hydrogen-bond acceptors (Lipinski definition) is 8. The Morgan fingerprint density at radius 1 is 0.967 bits per heavy atom. The van der Waals surface area contributed by atoms with Crippen molar-refractivity contribution in [1.29, 1.82) is 0 Å². The maximum atomic E-state index is 5.68. The first-order chi connectivity index (χ1) is 14.9. The van der Waals surface area contributed by atoms with Gasteiger partial charge in [-0.1, -0.05) is 42.1 Å². The average molecular weight is 420 g/mol. The number of nitrogens with one attached hydrogen (secondary N) is 1. The minimum atomic E-state index is 0.345. The number of hydrogen-bond donors (Lipinski definition) is 1. The van der Waals surface area contributed by atoms with E-state index in [2.05, 4.69) is 36.9 Å². The molecule has 0 bridgehead atoms. The second-order valence-corrected chi connectivity index (χ2v) is 7.43. The summed E-state index contributed by atoms with van der Waals surface area (Å²) in [6.07, 6.45) is 4.31. The quantitative estimate of drug-likeness (QED) is 0.308. The van der Waals surface area contributed by atoms with Gasteiger partial charge < -0.3 is 10.1 Å². The second kappa shape index (κ2) is 10.5. The highest BCUT2D eigenvalue weighted by Gasteiger charge is 2.08. The van der Waals surface area contributed by atoms with Crippen molar-refractivity contribution in [1.82, 2.24) is 35.5 Å². The number of aromatic nitrogens is 6. The molecular formula is C21H21N7OS. The molecular weight excluding hydrogens is 398 g/mol. The van der Waals surface area contributed by atoms with Crippen LogP contribution < -0.4 is 10.1 Å². The molecule has 0 atom stereocenters. The summed E-state index contributed by atoms with van der Waals surface area (Å²) in [7, 11) is 0. The Hall–Kier alpha value is -3.30. The Morgan fingerprint density at radius 3 is 2.70 bits per heavy atom. The van der Waals surface area contributed by atoms with Crippen LogP contribution in [0.1, 0.15) is 12.0 Å². The number of ether oxygens (including phenoxy) is 1. The number of para-hydroxylation sites is 1. The predicted octanol–water partition coefficient (Wildman–Crippen LogP) is 3.52. The van der Waals surface area contributed by atoms with Crippen molar-refractivity contribution in [2.24, 2.45) is 0 Å². The summed E-state index contributed by atoms with van der Waals surface area (Å²) in [5, 5.41) is 16.3. The molecule has 0 spiro atoms. The maximum absolute atomic E-state index is 5.68. The zero-order chi connectivity index (χ0) is 20.4. The minimum Gasteiger partial charge on any atom is -0.424 e. The lowest BCUT2D eigenvalue weighted by molar-refractivity contribution is 0.441. The van der Waals surface area contributed by atoms with Crippen molar-refractivity contribution in [3.63, 3.8) is 0 Å². The monoisotopic (exact) mass is 419 g/mol. The lowest BCUT2D eigenvalue weighted by atomic mass is 10.2. The molecule has 0 amide bonds. The van der Waals surface area contributed by atoms with E-state index in [-0.39, 0.29) is 0 Å². The van der Waals surface area contributed by atoms with Gasteiger partial charge in [-0.05, 0) is 59.3 Å². The highest BCUT2D eigenvalue weighted by Crippen LogP contribution is 2.19. The Kier molecular flexibility index (Phi) is 6.98. The Bertz CT molecular complexity index is 1040. The standard InChI is InChI=1S/C21H21N7OS/c1-2-8-18(9-3-1)28-21(25-26-27-28)30-14-6-11-22-16-17-7-4-10-19(15-17)29-20-23-12-5-13-24-20/h1-5,7-10,12-13,15,22H,6,11,14,16H2. The molecule has 2 aromatic heterocycles. The van der Waals surface area contributed by atoms with Gasteiger partial charge in [-0.2, -0.15) is 4.68 Å². The van der Waals surface area contributed by atoms with Crippen LogP contribution in [0.5, 0.6) is 11.8 Å². The van der Waals surface area contributed by atoms with E-state index in [4.69, 9.17) is 4.74 Å². The molecule has 0 radical (unpaired) electrons. The van der Waals surface area contributed by atoms with Crippen LogP contribution in [0.2, 0.25) is 0 Å². The average Bonchev–Trinajstić information content (AvgIpc) is 3.26. The van der Waals surface area contributed by atoms with Gasteiger partial charge in [0.25, 0.3) is 0 Å². The lowest BCUT2D eigenvalue weighted by Crippen LogP contribution is -2.15. The van der Waals surface area contributed by atoms with Crippen LogP contribution >= 0.6 is 11.8 Å². The summed E-state index contributed by atoms with van der Waals surface area (Å²) in [5.74, 6) is 1.65. The van der Waals surface area contributed by atoms with Crippen molar-refractivity contribution in [2.45, 2.75) is 18.1 Å². The summed E-state index contributed by atoms with van der Waals surface area (Å²) in [6, 6.07) is 19.9. The topological polar surface area (TPSA) is 90.6 Å². The van der Waals surface area contributed by atoms with E-state index in [0.717, 1.165) is 47.4 Å². The smallest absolute Gasteiger partial charge is 0.321 e. The molecule has 1 N–H and O–H groups in total. The number of tetrazole rings is 1. The summed E-state index contributed by atoms with van der Waals surface area (Å²) < 4.78 is 7.44. The van der Waals surface area contributed by atoms with E-state index < -0.39 is 0 Å². The summed E-state index contributed by atoms with van der Waals surface area (Å²) in [5.41, 5.74) is 2.11. The predicted molar refractivity (Wildman–Crippen MR) is 115 cm³/mol. The fourth-order valence-electron chi connectivity index (χ4n) is 2.76. The summed E-state index contributed by atoms with van der Waals surface area (Å²) in [6.45, 7) is 1.66. The van der Waals surface area contributed by atoms with Crippen LogP contribution in [0.25, 0.3) is 5.69 Å². The first kappa shape index (κ1) is 20.0. The zero-order valence-corrected chi connectivity index (χ0v) is 17.1. The van der Waals surface area contributed by atoms with Gasteiger partial charge >= 0.3 is 6.01 Å². The minimum absolute atomic E-state index is 0.345. The Morgan fingerprint density at radius 2 is 1.83 bits per heavy atom. The molecule has 152 valence electrons. The molecule has 0 aliphatic heterocycles. The highest BCUT2D eigenvalue weighted by molar-refractivity contribution is 7.99. The molecule has 2 aromatic carbocycles. The molecule has 8 nitrogen and oxygen atoms in total. The first-order valence-corrected chi connectivity index (χ1v) is 10.6. The second-order valence-electron chi connectivity index (χ2n) is 6.37. The van der Waals surface area contributed by atoms with Crippen LogP contribution in [0.15, 0.2) is 78.2 Å². The van der Waals surface area contributed by atoms with E-state index in [9.17, 15) is 0 Å². The van der Waals surface area contributed by atoms with Crippen LogP contribution in [-0.4, -0.2) is 42.5 Å². The van der Waals surface area contributed by atoms with E-state index in [1.807, 2.05) is 48.5 Å². The van der Waals surface area contributed by atoms with E-state index in [1.165, 1.54) is 0 Å². The molecule has 0 fully saturated rings. The van der Waals surface area contributed by atoms with Gasteiger partial charge in [0, 0.05) is 24.7 Å². The van der Waals surface area contributed by atoms with Gasteiger partial charge in [0.2, 0.25) is 5.16 Å². The van der Waals surface area contributed by atoms with Gasteiger partial charge in [-0.3, -0.25) is 0 Å². The Balaban J connectivity index is 1.19. The van der Waals surface area contributed by atoms with Gasteiger partial charge in [0.05, 0.1) is 5.69 Å². The van der Waals surface area contributed by atoms with Gasteiger partial charge in [-0.15, -0.1) is 5.10 Å². The van der Waals surface area contributed by atoms with Gasteiger partial charge in [0.15, 0.2) is 0 Å². The summed E-state index contributed by atoms with van der Waals surface area (Å²) >= 11 is 1.65. The number of nitrogens with zero attached hydrogens (tertiary/aromatic N) is 6. The molecule has 2 heterocycles. The van der Waals surface area contributed by atoms with Gasteiger partial charge in [-0.25, -0.2) is 9.97 Å². The molecule has 0 aliphatic rings. The molecule has 4 rings (SSSR count). The number of thioether (sulfide) groups is 1. The molecule has 0 saturated heterocycles. The van der Waals surface area contributed by atoms with Crippen molar-refractivity contribution >= 4 is 11.8 Å². The van der Waals surface area contributed by atoms with E-state index >= 15 is 0 Å². The van der Waals surface area contributed by atoms with E-state index in [0.29, 0.717) is 6.01 Å². The first-order valence-electron chi connectivity index (χ1n) is 9.59. The maximum Gasteiger partial charge on any atom is 0.321 e. The molecule has 4 aromatic rings. The van der Waals surface area contributed by atoms with Crippen LogP contribution in [0.4, 0.5) is 0 Å². The van der Waals surface area contributed by atoms with Crippen molar-refractivity contribution in [3.05, 3.63) is 78.6 Å². The third kappa shape index (κ3) is 5.62. The SMILES string of the molecule is c1ccc(-n2nnnc2SCCCNCc2cccc(Oc3ncccn3)c2)cc1. The molecule has 0 saturated carbocycles. The fraction of sp³-hybridized carbons (Fsp3) is 0.190. The fourth-order valence-corrected chi connectivity index (χ4v) is 3.59. The van der Waals surface area contributed by atoms with Crippen molar-refractivity contribution in [3.8, 4) is 17.4 Å². The Labute approximate surface area is 178 Å². The molecule has 0 aliphatic carbocycles. The summed E-state index contributed by atoms with van der Waals surface area (Å²) in [4.78, 5) is 8.16.